The fourth-order valence-corrected chi connectivity index (χ4v) is 8.22. The largest absolute Gasteiger partial charge is 0.308 e. The van der Waals surface area contributed by atoms with Gasteiger partial charge >= 0.3 is 0 Å². The number of nitrogens with zero attached hydrogens (tertiary/aromatic N) is 5. The van der Waals surface area contributed by atoms with Crippen molar-refractivity contribution in [3.63, 3.8) is 0 Å². The minimum atomic E-state index is -1.34. The molecule has 5 nitrogen and oxygen atoms in total. The highest BCUT2D eigenvalue weighted by Gasteiger charge is 2.23. The summed E-state index contributed by atoms with van der Waals surface area (Å²) in [6.45, 7) is 0. The van der Waals surface area contributed by atoms with Gasteiger partial charge < -0.3 is 4.57 Å². The van der Waals surface area contributed by atoms with Crippen molar-refractivity contribution < 1.29 is 4.39 Å². The topological polar surface area (TPSA) is 40.0 Å². The molecule has 51 heavy (non-hydrogen) atoms. The molecule has 0 radical (unpaired) electrons. The minimum Gasteiger partial charge on any atom is -0.308 e. The second-order valence-corrected chi connectivity index (χ2v) is 13.2. The van der Waals surface area contributed by atoms with Crippen molar-refractivity contribution in [2.24, 2.45) is 0 Å². The summed E-state index contributed by atoms with van der Waals surface area (Å²) in [5, 5.41) is 7.51. The van der Waals surface area contributed by atoms with Crippen LogP contribution < -0.4 is 0 Å². The number of aromatic nitrogens is 5. The zero-order chi connectivity index (χ0) is 33.6. The van der Waals surface area contributed by atoms with Crippen LogP contribution in [-0.4, -0.2) is 23.5 Å². The summed E-state index contributed by atoms with van der Waals surface area (Å²) in [6.07, 6.45) is 4.42. The van der Waals surface area contributed by atoms with Gasteiger partial charge in [0.1, 0.15) is 11.3 Å². The summed E-state index contributed by atoms with van der Waals surface area (Å²) in [5.41, 5.74) is 9.10. The predicted octanol–water partition coefficient (Wildman–Crippen LogP) is 11.3. The number of hydrogen-bond donors (Lipinski definition) is 0. The molecule has 5 heterocycles. The van der Waals surface area contributed by atoms with Gasteiger partial charge in [-0.1, -0.05) is 97.1 Å². The van der Waals surface area contributed by atoms with Crippen LogP contribution in [0.15, 0.2) is 164 Å². The molecular formula is C45H28FN5. The summed E-state index contributed by atoms with van der Waals surface area (Å²) < 4.78 is 23.4. The fourth-order valence-electron chi connectivity index (χ4n) is 8.22. The highest BCUT2D eigenvalue weighted by Crippen LogP contribution is 2.41. The van der Waals surface area contributed by atoms with E-state index in [1.807, 2.05) is 73.1 Å². The standard InChI is InChI=1S/C45H28FN5/c46-42(29-21-22-32-33-15-4-7-18-38(33)49-24-23-47-44(49)36(32)26-29)28-11-10-14-31(25-28)51-40-20-9-6-17-35(40)41-43-37(27-48-45(41)51)34-16-5-8-19-39(34)50(43)30-12-2-1-3-13-30/h1-27,42H. The van der Waals surface area contributed by atoms with E-state index in [1.54, 1.807) is 6.20 Å². The molecule has 6 heteroatoms. The lowest BCUT2D eigenvalue weighted by molar-refractivity contribution is 0.402. The first-order chi connectivity index (χ1) is 25.2. The molecule has 11 rings (SSSR count). The highest BCUT2D eigenvalue weighted by atomic mass is 19.1. The number of fused-ring (bicyclic) bond motifs is 13. The third-order valence-corrected chi connectivity index (χ3v) is 10.4. The normalized spacial score (nSPS) is 12.7. The molecule has 0 amide bonds. The molecule has 0 saturated heterocycles. The van der Waals surface area contributed by atoms with Crippen molar-refractivity contribution in [1.82, 2.24) is 23.5 Å². The quantitative estimate of drug-likeness (QED) is 0.177. The van der Waals surface area contributed by atoms with Gasteiger partial charge in [0.25, 0.3) is 0 Å². The Labute approximate surface area is 291 Å². The van der Waals surface area contributed by atoms with Crippen molar-refractivity contribution in [3.8, 4) is 11.4 Å². The Morgan fingerprint density at radius 3 is 1.96 bits per heavy atom. The Kier molecular flexibility index (Phi) is 5.84. The van der Waals surface area contributed by atoms with Gasteiger partial charge in [-0.05, 0) is 65.0 Å². The van der Waals surface area contributed by atoms with Crippen LogP contribution >= 0.6 is 0 Å². The molecule has 0 aliphatic carbocycles. The van der Waals surface area contributed by atoms with Crippen molar-refractivity contribution in [1.29, 1.82) is 0 Å². The lowest BCUT2D eigenvalue weighted by atomic mass is 9.98. The highest BCUT2D eigenvalue weighted by molar-refractivity contribution is 6.25. The van der Waals surface area contributed by atoms with E-state index in [2.05, 4.69) is 103 Å². The second kappa shape index (κ2) is 10.6. The average molecular weight is 658 g/mol. The Morgan fingerprint density at radius 1 is 0.471 bits per heavy atom. The maximum absolute atomic E-state index is 16.8. The van der Waals surface area contributed by atoms with E-state index in [0.29, 0.717) is 11.1 Å². The van der Waals surface area contributed by atoms with Gasteiger partial charge in [0, 0.05) is 56.9 Å². The van der Waals surface area contributed by atoms with Crippen LogP contribution in [0, 0.1) is 0 Å². The Balaban J connectivity index is 1.12. The molecule has 0 aliphatic rings. The lowest BCUT2D eigenvalue weighted by Crippen LogP contribution is -2.00. The number of hydrogen-bond acceptors (Lipinski definition) is 2. The fraction of sp³-hybridized carbons (Fsp3) is 0.0222. The first-order valence-corrected chi connectivity index (χ1v) is 17.1. The van der Waals surface area contributed by atoms with Gasteiger partial charge in [0.15, 0.2) is 6.17 Å². The molecule has 240 valence electrons. The Bertz CT molecular complexity index is 3170. The first-order valence-electron chi connectivity index (χ1n) is 17.1. The van der Waals surface area contributed by atoms with Gasteiger partial charge in [-0.2, -0.15) is 0 Å². The van der Waals surface area contributed by atoms with Crippen LogP contribution in [0.25, 0.3) is 82.4 Å². The van der Waals surface area contributed by atoms with Gasteiger partial charge in [-0.3, -0.25) is 8.97 Å². The maximum atomic E-state index is 16.8. The molecule has 0 bridgehead atoms. The summed E-state index contributed by atoms with van der Waals surface area (Å²) in [5.74, 6) is 0. The number of para-hydroxylation sites is 4. The number of pyridine rings is 2. The van der Waals surface area contributed by atoms with E-state index in [9.17, 15) is 0 Å². The molecular weight excluding hydrogens is 630 g/mol. The van der Waals surface area contributed by atoms with Crippen molar-refractivity contribution in [3.05, 3.63) is 175 Å². The second-order valence-electron chi connectivity index (χ2n) is 13.2. The zero-order valence-electron chi connectivity index (χ0n) is 27.3. The molecule has 0 N–H and O–H groups in total. The van der Waals surface area contributed by atoms with Crippen LogP contribution in [0.1, 0.15) is 17.3 Å². The molecule has 5 aromatic heterocycles. The van der Waals surface area contributed by atoms with Crippen LogP contribution in [0.3, 0.4) is 0 Å². The molecule has 1 unspecified atom stereocenters. The van der Waals surface area contributed by atoms with E-state index in [0.717, 1.165) is 82.4 Å². The van der Waals surface area contributed by atoms with Crippen LogP contribution in [0.5, 0.6) is 0 Å². The Morgan fingerprint density at radius 2 is 1.14 bits per heavy atom. The van der Waals surface area contributed by atoms with Crippen LogP contribution in [-0.2, 0) is 0 Å². The van der Waals surface area contributed by atoms with E-state index in [1.165, 1.54) is 0 Å². The van der Waals surface area contributed by atoms with Crippen molar-refractivity contribution >= 4 is 71.1 Å². The molecule has 0 saturated carbocycles. The number of rotatable bonds is 4. The average Bonchev–Trinajstić information content (AvgIpc) is 3.91. The number of halogens is 1. The summed E-state index contributed by atoms with van der Waals surface area (Å²) in [7, 11) is 0. The van der Waals surface area contributed by atoms with Crippen molar-refractivity contribution in [2.75, 3.05) is 0 Å². The smallest absolute Gasteiger partial charge is 0.150 e. The lowest BCUT2D eigenvalue weighted by Gasteiger charge is -2.14. The van der Waals surface area contributed by atoms with Crippen LogP contribution in [0.2, 0.25) is 0 Å². The summed E-state index contributed by atoms with van der Waals surface area (Å²) >= 11 is 0. The zero-order valence-corrected chi connectivity index (χ0v) is 27.3. The summed E-state index contributed by atoms with van der Waals surface area (Å²) in [6, 6.07) is 49.4. The van der Waals surface area contributed by atoms with Gasteiger partial charge in [0.05, 0.1) is 27.5 Å². The monoisotopic (exact) mass is 657 g/mol. The first kappa shape index (κ1) is 28.1. The predicted molar refractivity (Wildman–Crippen MR) is 206 cm³/mol. The molecule has 0 fully saturated rings. The Hall–Kier alpha value is -6.79. The van der Waals surface area contributed by atoms with Gasteiger partial charge in [-0.15, -0.1) is 0 Å². The molecule has 6 aromatic carbocycles. The summed E-state index contributed by atoms with van der Waals surface area (Å²) in [4.78, 5) is 9.81. The van der Waals surface area contributed by atoms with E-state index < -0.39 is 6.17 Å². The van der Waals surface area contributed by atoms with E-state index >= 15 is 4.39 Å². The SMILES string of the molecule is FC(c1cccc(-n2c3ccccc3c3c2ncc2c4ccccc4n(-c4ccccc4)c23)c1)c1ccc2c3ccccc3n3ccnc3c2c1. The molecule has 11 aromatic rings. The maximum Gasteiger partial charge on any atom is 0.150 e. The number of alkyl halides is 1. The third kappa shape index (κ3) is 3.96. The minimum absolute atomic E-state index is 0.581. The molecule has 0 spiro atoms. The van der Waals surface area contributed by atoms with Crippen LogP contribution in [0.4, 0.5) is 4.39 Å². The van der Waals surface area contributed by atoms with Gasteiger partial charge in [0.2, 0.25) is 0 Å². The van der Waals surface area contributed by atoms with E-state index in [4.69, 9.17) is 4.98 Å². The van der Waals surface area contributed by atoms with E-state index in [-0.39, 0.29) is 0 Å². The number of imidazole rings is 1. The molecule has 0 aliphatic heterocycles. The third-order valence-electron chi connectivity index (χ3n) is 10.4. The van der Waals surface area contributed by atoms with Crippen molar-refractivity contribution in [2.45, 2.75) is 6.17 Å². The van der Waals surface area contributed by atoms with Gasteiger partial charge in [-0.25, -0.2) is 14.4 Å². The number of benzene rings is 6. The molecule has 1 atom stereocenters.